The fraction of sp³-hybridized carbons (Fsp3) is 0.385. The van der Waals surface area contributed by atoms with Crippen LogP contribution in [0, 0.1) is 0 Å². The highest BCUT2D eigenvalue weighted by Gasteiger charge is 2.63. The van der Waals surface area contributed by atoms with Gasteiger partial charge in [0.1, 0.15) is 37.1 Å². The van der Waals surface area contributed by atoms with Crippen LogP contribution in [0.5, 0.6) is 0 Å². The van der Waals surface area contributed by atoms with Gasteiger partial charge >= 0.3 is 18.2 Å². The second-order valence-electron chi connectivity index (χ2n) is 9.26. The average molecular weight is 615 g/mol. The molecule has 1 saturated heterocycles. The molecule has 2 N–H and O–H groups in total. The third-order valence-corrected chi connectivity index (χ3v) is 6.98. The molecule has 2 aliphatic heterocycles. The number of hydrogen-bond donors (Lipinski definition) is 2. The zero-order valence-electron chi connectivity index (χ0n) is 21.4. The number of fused-ring (bicyclic) bond motifs is 3. The number of alkyl carbamates (subject to hydrolysis) is 1. The second kappa shape index (κ2) is 11.7. The van der Waals surface area contributed by atoms with Crippen LogP contribution in [0.15, 0.2) is 54.6 Å². The highest BCUT2D eigenvalue weighted by atomic mass is 35.6. The van der Waals surface area contributed by atoms with Gasteiger partial charge < -0.3 is 24.6 Å². The summed E-state index contributed by atoms with van der Waals surface area (Å²) in [6.45, 7) is 0.822. The van der Waals surface area contributed by atoms with Gasteiger partial charge in [-0.15, -0.1) is 0 Å². The first-order valence-electron chi connectivity index (χ1n) is 12.1. The Morgan fingerprint density at radius 2 is 1.73 bits per heavy atom. The maximum atomic E-state index is 13.4. The molecule has 11 nitrogen and oxygen atoms in total. The zero-order chi connectivity index (χ0) is 29.2. The van der Waals surface area contributed by atoms with Crippen LogP contribution in [0.2, 0.25) is 0 Å². The van der Waals surface area contributed by atoms with Crippen molar-refractivity contribution in [1.82, 2.24) is 10.2 Å². The van der Waals surface area contributed by atoms with E-state index in [0.717, 1.165) is 17.6 Å². The van der Waals surface area contributed by atoms with Gasteiger partial charge in [0.05, 0.1) is 12.8 Å². The van der Waals surface area contributed by atoms with E-state index in [-0.39, 0.29) is 12.2 Å². The molecule has 0 bridgehead atoms. The topological polar surface area (TPSA) is 135 Å². The molecule has 2 heterocycles. The van der Waals surface area contributed by atoms with E-state index in [1.807, 2.05) is 6.07 Å². The Balaban J connectivity index is 1.66. The smallest absolute Gasteiger partial charge is 0.412 e. The summed E-state index contributed by atoms with van der Waals surface area (Å²) in [5, 5.41) is 14.5. The van der Waals surface area contributed by atoms with E-state index in [9.17, 15) is 24.3 Å². The summed E-state index contributed by atoms with van der Waals surface area (Å²) in [5.74, 6) is -1.39. The second-order valence-corrected chi connectivity index (χ2v) is 11.8. The number of nitrogens with one attached hydrogen (secondary N) is 1. The molecule has 0 aliphatic carbocycles. The normalized spacial score (nSPS) is 22.3. The molecule has 0 unspecified atom stereocenters. The third-order valence-electron chi connectivity index (χ3n) is 6.65. The minimum atomic E-state index is -2.05. The highest BCUT2D eigenvalue weighted by molar-refractivity contribution is 6.67. The Morgan fingerprint density at radius 3 is 2.38 bits per heavy atom. The maximum absolute atomic E-state index is 13.4. The van der Waals surface area contributed by atoms with Crippen LogP contribution in [0.4, 0.5) is 15.3 Å². The lowest BCUT2D eigenvalue weighted by atomic mass is 9.86. The molecular weight excluding hydrogens is 589 g/mol. The summed E-state index contributed by atoms with van der Waals surface area (Å²) < 4.78 is 13.3. The van der Waals surface area contributed by atoms with Crippen LogP contribution in [0.1, 0.15) is 24.5 Å². The summed E-state index contributed by atoms with van der Waals surface area (Å²) in [5.41, 5.74) is -0.734. The number of ether oxygens (including phenoxy) is 3. The molecule has 2 aliphatic rings. The molecule has 0 spiro atoms. The largest absolute Gasteiger partial charge is 0.467 e. The van der Waals surface area contributed by atoms with E-state index in [1.165, 1.54) is 11.8 Å². The van der Waals surface area contributed by atoms with E-state index >= 15 is 0 Å². The van der Waals surface area contributed by atoms with Crippen molar-refractivity contribution in [1.29, 1.82) is 0 Å². The summed E-state index contributed by atoms with van der Waals surface area (Å²) in [6, 6.07) is 12.9. The van der Waals surface area contributed by atoms with Crippen LogP contribution >= 0.6 is 34.8 Å². The molecule has 2 aromatic carbocycles. The third kappa shape index (κ3) is 5.92. The summed E-state index contributed by atoms with van der Waals surface area (Å²) in [6.07, 6.45) is -3.79. The van der Waals surface area contributed by atoms with Crippen LogP contribution in [0.25, 0.3) is 0 Å². The fourth-order valence-corrected chi connectivity index (χ4v) is 5.07. The number of para-hydroxylation sites is 1. The van der Waals surface area contributed by atoms with E-state index in [2.05, 4.69) is 5.32 Å². The van der Waals surface area contributed by atoms with Crippen molar-refractivity contribution in [2.75, 3.05) is 18.6 Å². The molecule has 3 amide bonds. The molecule has 40 heavy (non-hydrogen) atoms. The number of methoxy groups -OCH3 is 1. The van der Waals surface area contributed by atoms with Gasteiger partial charge in [0.2, 0.25) is 3.79 Å². The number of esters is 1. The SMILES string of the molecule is COC(=O)[C@H](C[C@]1(O)c2ccccc2N2C(=O)[C@H](C)N(C(=O)OCc3ccccc3)[C@@H]21)NC(=O)OCC(Cl)(Cl)Cl. The first kappa shape index (κ1) is 29.7. The quantitative estimate of drug-likeness (QED) is 0.274. The number of hydrogen-bond acceptors (Lipinski definition) is 8. The van der Waals surface area contributed by atoms with Gasteiger partial charge in [0.25, 0.3) is 5.91 Å². The molecule has 0 saturated carbocycles. The molecule has 14 heteroatoms. The Bertz CT molecular complexity index is 1290. The lowest BCUT2D eigenvalue weighted by Gasteiger charge is -2.37. The van der Waals surface area contributed by atoms with Gasteiger partial charge in [0, 0.05) is 12.0 Å². The number of benzene rings is 2. The number of rotatable bonds is 7. The lowest BCUT2D eigenvalue weighted by molar-refractivity contribution is -0.146. The van der Waals surface area contributed by atoms with Crippen LogP contribution in [-0.4, -0.2) is 69.8 Å². The van der Waals surface area contributed by atoms with E-state index < -0.39 is 64.7 Å². The number of carbonyl (C=O) groups is 4. The Hall–Kier alpha value is -3.25. The molecule has 1 fully saturated rings. The van der Waals surface area contributed by atoms with E-state index in [1.54, 1.807) is 48.5 Å². The van der Waals surface area contributed by atoms with Gasteiger partial charge in [-0.05, 0) is 18.6 Å². The number of alkyl halides is 3. The lowest BCUT2D eigenvalue weighted by Crippen LogP contribution is -2.57. The van der Waals surface area contributed by atoms with Crippen LogP contribution in [0.3, 0.4) is 0 Å². The molecule has 0 radical (unpaired) electrons. The maximum Gasteiger partial charge on any atom is 0.412 e. The minimum absolute atomic E-state index is 0.0728. The van der Waals surface area contributed by atoms with Crippen LogP contribution < -0.4 is 10.2 Å². The molecule has 214 valence electrons. The average Bonchev–Trinajstić information content (AvgIpc) is 3.34. The molecule has 0 aromatic heterocycles. The number of aliphatic hydroxyl groups is 1. The Labute approximate surface area is 244 Å². The van der Waals surface area contributed by atoms with Crippen molar-refractivity contribution in [3.63, 3.8) is 0 Å². The summed E-state index contributed by atoms with van der Waals surface area (Å²) in [4.78, 5) is 54.3. The van der Waals surface area contributed by atoms with Gasteiger partial charge in [-0.1, -0.05) is 83.3 Å². The number of anilines is 1. The van der Waals surface area contributed by atoms with Gasteiger partial charge in [-0.2, -0.15) is 0 Å². The zero-order valence-corrected chi connectivity index (χ0v) is 23.7. The van der Waals surface area contributed by atoms with Crippen molar-refractivity contribution in [2.24, 2.45) is 0 Å². The van der Waals surface area contributed by atoms with Crippen molar-refractivity contribution in [2.45, 2.75) is 47.6 Å². The van der Waals surface area contributed by atoms with Crippen molar-refractivity contribution in [3.8, 4) is 0 Å². The molecule has 4 atom stereocenters. The fourth-order valence-electron chi connectivity index (χ4n) is 4.91. The van der Waals surface area contributed by atoms with Crippen LogP contribution in [-0.2, 0) is 36.0 Å². The van der Waals surface area contributed by atoms with E-state index in [4.69, 9.17) is 49.0 Å². The summed E-state index contributed by atoms with van der Waals surface area (Å²) >= 11 is 16.9. The summed E-state index contributed by atoms with van der Waals surface area (Å²) in [7, 11) is 1.09. The predicted molar refractivity (Wildman–Crippen MR) is 145 cm³/mol. The molecule has 4 rings (SSSR count). The molecule has 2 aromatic rings. The van der Waals surface area contributed by atoms with Crippen molar-refractivity contribution < 1.29 is 38.5 Å². The minimum Gasteiger partial charge on any atom is -0.467 e. The van der Waals surface area contributed by atoms with Gasteiger partial charge in [-0.3, -0.25) is 14.6 Å². The number of nitrogens with zero attached hydrogens (tertiary/aromatic N) is 2. The monoisotopic (exact) mass is 613 g/mol. The van der Waals surface area contributed by atoms with Crippen molar-refractivity contribution in [3.05, 3.63) is 65.7 Å². The Morgan fingerprint density at radius 1 is 1.07 bits per heavy atom. The molecular formula is C26H26Cl3N3O8. The number of halogens is 3. The standard InChI is InChI=1S/C26H26Cl3N3O8/c1-15-20(33)32-19-11-7-6-10-17(19)25(37,12-18(21(34)38-2)30-23(35)40-14-26(27,28)29)22(32)31(15)24(36)39-13-16-8-4-3-5-9-16/h3-11,15,18,22,37H,12-14H2,1-2H3,(H,30,35)/t15-,18-,22-,25-/m0/s1. The first-order valence-corrected chi connectivity index (χ1v) is 13.2. The number of carbonyl (C=O) groups excluding carboxylic acids is 4. The van der Waals surface area contributed by atoms with Crippen molar-refractivity contribution >= 4 is 64.6 Å². The highest BCUT2D eigenvalue weighted by Crippen LogP contribution is 2.51. The van der Waals surface area contributed by atoms with E-state index in [0.29, 0.717) is 5.69 Å². The predicted octanol–water partition coefficient (Wildman–Crippen LogP) is 3.62. The first-order chi connectivity index (χ1) is 18.9. The Kier molecular flexibility index (Phi) is 8.69. The van der Waals surface area contributed by atoms with Gasteiger partial charge in [0.15, 0.2) is 0 Å². The number of amides is 3. The van der Waals surface area contributed by atoms with Gasteiger partial charge in [-0.25, -0.2) is 14.4 Å².